The Morgan fingerprint density at radius 2 is 2.00 bits per heavy atom. The molecule has 0 radical (unpaired) electrons. The third kappa shape index (κ3) is 2.65. The maximum atomic E-state index is 4.39. The first kappa shape index (κ1) is 11.6. The van der Waals surface area contributed by atoms with E-state index in [2.05, 4.69) is 30.2 Å². The Labute approximate surface area is 110 Å². The zero-order valence-corrected chi connectivity index (χ0v) is 10.9. The van der Waals surface area contributed by atoms with Crippen molar-refractivity contribution >= 4 is 17.4 Å². The zero-order valence-electron chi connectivity index (χ0n) is 10.1. The second-order valence-corrected chi connectivity index (χ2v) is 4.90. The van der Waals surface area contributed by atoms with E-state index in [-0.39, 0.29) is 0 Å². The molecule has 2 aromatic heterocycles. The van der Waals surface area contributed by atoms with Gasteiger partial charge in [0.2, 0.25) is 0 Å². The largest absolute Gasteiger partial charge is 0.354 e. The van der Waals surface area contributed by atoms with Crippen molar-refractivity contribution in [2.24, 2.45) is 0 Å². The predicted molar refractivity (Wildman–Crippen MR) is 71.6 cm³/mol. The van der Waals surface area contributed by atoms with Crippen molar-refractivity contribution in [2.45, 2.75) is 6.54 Å². The van der Waals surface area contributed by atoms with Crippen LogP contribution in [-0.2, 0) is 6.54 Å². The summed E-state index contributed by atoms with van der Waals surface area (Å²) in [7, 11) is 0. The van der Waals surface area contributed by atoms with Gasteiger partial charge in [-0.2, -0.15) is 4.37 Å². The number of pyridine rings is 1. The minimum atomic E-state index is 0.861. The lowest BCUT2D eigenvalue weighted by atomic mass is 10.3. The van der Waals surface area contributed by atoms with Crippen LogP contribution in [0.2, 0.25) is 0 Å². The molecule has 1 aliphatic rings. The van der Waals surface area contributed by atoms with Crippen LogP contribution in [-0.4, -0.2) is 45.4 Å². The van der Waals surface area contributed by atoms with Crippen LogP contribution in [0.3, 0.4) is 0 Å². The average molecular weight is 261 g/mol. The van der Waals surface area contributed by atoms with Gasteiger partial charge < -0.3 is 4.90 Å². The fourth-order valence-electron chi connectivity index (χ4n) is 2.14. The van der Waals surface area contributed by atoms with Gasteiger partial charge in [-0.25, -0.2) is 9.97 Å². The van der Waals surface area contributed by atoms with Gasteiger partial charge in [0.15, 0.2) is 5.82 Å². The monoisotopic (exact) mass is 261 g/mol. The molecule has 0 N–H and O–H groups in total. The Kier molecular flexibility index (Phi) is 3.47. The highest BCUT2D eigenvalue weighted by Gasteiger charge is 2.18. The quantitative estimate of drug-likeness (QED) is 0.832. The smallest absolute Gasteiger partial charge is 0.156 e. The summed E-state index contributed by atoms with van der Waals surface area (Å²) >= 11 is 1.42. The molecule has 1 saturated heterocycles. The van der Waals surface area contributed by atoms with E-state index in [0.717, 1.165) is 44.4 Å². The van der Waals surface area contributed by atoms with E-state index < -0.39 is 0 Å². The zero-order chi connectivity index (χ0) is 12.2. The molecule has 0 saturated carbocycles. The molecule has 1 aliphatic heterocycles. The molecule has 1 fully saturated rings. The van der Waals surface area contributed by atoms with Gasteiger partial charge in [-0.3, -0.25) is 4.90 Å². The molecule has 94 valence electrons. The Morgan fingerprint density at radius 1 is 1.11 bits per heavy atom. The molecule has 0 atom stereocenters. The topological polar surface area (TPSA) is 45.2 Å². The minimum absolute atomic E-state index is 0.861. The molecule has 0 amide bonds. The highest BCUT2D eigenvalue weighted by atomic mass is 32.1. The van der Waals surface area contributed by atoms with Crippen molar-refractivity contribution < 1.29 is 0 Å². The van der Waals surface area contributed by atoms with Gasteiger partial charge in [0.05, 0.1) is 6.54 Å². The molecule has 18 heavy (non-hydrogen) atoms. The van der Waals surface area contributed by atoms with Crippen molar-refractivity contribution in [1.82, 2.24) is 19.2 Å². The molecule has 0 unspecified atom stereocenters. The maximum Gasteiger partial charge on any atom is 0.156 e. The number of aromatic nitrogens is 3. The molecule has 0 aliphatic carbocycles. The van der Waals surface area contributed by atoms with Gasteiger partial charge in [-0.15, -0.1) is 0 Å². The van der Waals surface area contributed by atoms with E-state index >= 15 is 0 Å². The van der Waals surface area contributed by atoms with Crippen molar-refractivity contribution in [3.8, 4) is 0 Å². The van der Waals surface area contributed by atoms with Crippen molar-refractivity contribution in [1.29, 1.82) is 0 Å². The Hall–Kier alpha value is -1.53. The molecule has 0 bridgehead atoms. The summed E-state index contributed by atoms with van der Waals surface area (Å²) < 4.78 is 4.25. The van der Waals surface area contributed by atoms with Crippen LogP contribution in [0.15, 0.2) is 29.9 Å². The number of nitrogens with zero attached hydrogens (tertiary/aromatic N) is 5. The molecule has 5 nitrogen and oxygen atoms in total. The highest BCUT2D eigenvalue weighted by molar-refractivity contribution is 7.03. The predicted octanol–water partition coefficient (Wildman–Crippen LogP) is 1.26. The van der Waals surface area contributed by atoms with Gasteiger partial charge in [-0.05, 0) is 23.7 Å². The van der Waals surface area contributed by atoms with Crippen molar-refractivity contribution in [3.63, 3.8) is 0 Å². The van der Waals surface area contributed by atoms with Crippen LogP contribution in [0.25, 0.3) is 0 Å². The van der Waals surface area contributed by atoms with E-state index in [1.165, 1.54) is 11.5 Å². The molecule has 2 aromatic rings. The second-order valence-electron chi connectivity index (χ2n) is 4.30. The Bertz CT molecular complexity index is 464. The number of rotatable bonds is 3. The lowest BCUT2D eigenvalue weighted by Crippen LogP contribution is -2.46. The minimum Gasteiger partial charge on any atom is -0.354 e. The number of anilines is 1. The summed E-state index contributed by atoms with van der Waals surface area (Å²) in [4.78, 5) is 13.3. The van der Waals surface area contributed by atoms with E-state index in [9.17, 15) is 0 Å². The molecule has 3 heterocycles. The van der Waals surface area contributed by atoms with Gasteiger partial charge in [0.25, 0.3) is 0 Å². The normalized spacial score (nSPS) is 17.0. The SMILES string of the molecule is c1ccc(N2CCN(Cc3ncsn3)CC2)nc1. The highest BCUT2D eigenvalue weighted by Crippen LogP contribution is 2.13. The van der Waals surface area contributed by atoms with Gasteiger partial charge >= 0.3 is 0 Å². The standard InChI is InChI=1S/C12H15N5S/c1-2-4-13-12(3-1)17-7-5-16(6-8-17)9-11-14-10-18-15-11/h1-4,10H,5-9H2. The van der Waals surface area contributed by atoms with Crippen LogP contribution >= 0.6 is 11.5 Å². The van der Waals surface area contributed by atoms with Crippen LogP contribution in [0.5, 0.6) is 0 Å². The summed E-state index contributed by atoms with van der Waals surface area (Å²) in [6.45, 7) is 4.97. The first-order valence-electron chi connectivity index (χ1n) is 6.05. The lowest BCUT2D eigenvalue weighted by Gasteiger charge is -2.34. The summed E-state index contributed by atoms with van der Waals surface area (Å²) in [6, 6.07) is 6.05. The fraction of sp³-hybridized carbons (Fsp3) is 0.417. The van der Waals surface area contributed by atoms with E-state index in [0.29, 0.717) is 0 Å². The number of hydrogen-bond donors (Lipinski definition) is 0. The van der Waals surface area contributed by atoms with Gasteiger partial charge in [-0.1, -0.05) is 6.07 Å². The van der Waals surface area contributed by atoms with Crippen LogP contribution in [0.1, 0.15) is 5.82 Å². The third-order valence-electron chi connectivity index (χ3n) is 3.12. The summed E-state index contributed by atoms with van der Waals surface area (Å²) in [5, 5.41) is 0. The van der Waals surface area contributed by atoms with Crippen LogP contribution < -0.4 is 4.90 Å². The third-order valence-corrected chi connectivity index (χ3v) is 3.63. The lowest BCUT2D eigenvalue weighted by molar-refractivity contribution is 0.244. The first-order chi connectivity index (χ1) is 8.92. The van der Waals surface area contributed by atoms with E-state index in [1.54, 1.807) is 5.51 Å². The van der Waals surface area contributed by atoms with E-state index in [1.807, 2.05) is 18.3 Å². The van der Waals surface area contributed by atoms with Gasteiger partial charge in [0.1, 0.15) is 11.3 Å². The number of hydrogen-bond acceptors (Lipinski definition) is 6. The molecular formula is C12H15N5S. The summed E-state index contributed by atoms with van der Waals surface area (Å²) in [5.74, 6) is 2.01. The first-order valence-corrected chi connectivity index (χ1v) is 6.89. The number of piperazine rings is 1. The molecular weight excluding hydrogens is 246 g/mol. The van der Waals surface area contributed by atoms with E-state index in [4.69, 9.17) is 0 Å². The second kappa shape index (κ2) is 5.41. The maximum absolute atomic E-state index is 4.39. The van der Waals surface area contributed by atoms with Crippen LogP contribution in [0.4, 0.5) is 5.82 Å². The molecule has 3 rings (SSSR count). The van der Waals surface area contributed by atoms with Crippen LogP contribution in [0, 0.1) is 0 Å². The molecule has 0 aromatic carbocycles. The Balaban J connectivity index is 1.55. The van der Waals surface area contributed by atoms with Crippen molar-refractivity contribution in [3.05, 3.63) is 35.7 Å². The fourth-order valence-corrected chi connectivity index (χ4v) is 2.58. The average Bonchev–Trinajstić information content (AvgIpc) is 2.94. The molecule has 6 heteroatoms. The molecule has 0 spiro atoms. The summed E-state index contributed by atoms with van der Waals surface area (Å²) in [5.41, 5.74) is 1.79. The van der Waals surface area contributed by atoms with Crippen molar-refractivity contribution in [2.75, 3.05) is 31.1 Å². The summed E-state index contributed by atoms with van der Waals surface area (Å²) in [6.07, 6.45) is 1.85. The van der Waals surface area contributed by atoms with Gasteiger partial charge in [0, 0.05) is 32.4 Å². The Morgan fingerprint density at radius 3 is 2.67 bits per heavy atom.